The lowest BCUT2D eigenvalue weighted by Crippen LogP contribution is -2.27. The zero-order valence-electron chi connectivity index (χ0n) is 18.6. The topological polar surface area (TPSA) is 110 Å². The number of amides is 1. The molecule has 0 radical (unpaired) electrons. The minimum atomic E-state index is -3.98. The summed E-state index contributed by atoms with van der Waals surface area (Å²) in [6.07, 6.45) is 0.879. The van der Waals surface area contributed by atoms with E-state index >= 15 is 0 Å². The number of nitrogens with one attached hydrogen (secondary N) is 2. The molecule has 1 aromatic heterocycles. The van der Waals surface area contributed by atoms with Crippen molar-refractivity contribution in [1.82, 2.24) is 4.83 Å². The Morgan fingerprint density at radius 1 is 1.00 bits per heavy atom. The monoisotopic (exact) mass is 477 g/mol. The number of anilines is 1. The maximum absolute atomic E-state index is 13.1. The molecule has 4 rings (SSSR count). The van der Waals surface area contributed by atoms with Crippen molar-refractivity contribution in [2.24, 2.45) is 5.10 Å². The van der Waals surface area contributed by atoms with Crippen molar-refractivity contribution in [2.45, 2.75) is 18.2 Å². The average Bonchev–Trinajstić information content (AvgIpc) is 2.87. The number of benzene rings is 3. The summed E-state index contributed by atoms with van der Waals surface area (Å²) in [4.78, 5) is 15.3. The second-order valence-corrected chi connectivity index (χ2v) is 9.03. The molecule has 9 heteroatoms. The molecular weight excluding hydrogens is 454 g/mol. The van der Waals surface area contributed by atoms with Crippen molar-refractivity contribution in [2.75, 3.05) is 12.4 Å². The molecule has 1 amide bonds. The van der Waals surface area contributed by atoms with Crippen LogP contribution in [0.2, 0.25) is 0 Å². The molecule has 4 aromatic rings. The van der Waals surface area contributed by atoms with Gasteiger partial charge in [-0.15, -0.1) is 5.10 Å². The molecular formula is C25H23N3O5S. The van der Waals surface area contributed by atoms with E-state index in [1.165, 1.54) is 19.2 Å². The maximum Gasteiger partial charge on any atom is 0.276 e. The van der Waals surface area contributed by atoms with Gasteiger partial charge < -0.3 is 14.5 Å². The summed E-state index contributed by atoms with van der Waals surface area (Å²) in [7, 11) is -2.49. The Morgan fingerprint density at radius 3 is 2.41 bits per heavy atom. The molecule has 174 valence electrons. The zero-order valence-corrected chi connectivity index (χ0v) is 19.4. The minimum Gasteiger partial charge on any atom is -0.493 e. The molecule has 0 spiro atoms. The van der Waals surface area contributed by atoms with Crippen LogP contribution in [0.25, 0.3) is 11.0 Å². The van der Waals surface area contributed by atoms with Crippen LogP contribution in [0.4, 0.5) is 5.69 Å². The maximum atomic E-state index is 13.1. The number of fused-ring (bicyclic) bond motifs is 1. The lowest BCUT2D eigenvalue weighted by Gasteiger charge is -2.09. The molecule has 0 atom stereocenters. The van der Waals surface area contributed by atoms with Crippen molar-refractivity contribution < 1.29 is 22.4 Å². The van der Waals surface area contributed by atoms with Gasteiger partial charge in [-0.1, -0.05) is 49.4 Å². The Bertz CT molecular complexity index is 1500. The molecule has 0 saturated carbocycles. The first-order valence-electron chi connectivity index (χ1n) is 10.5. The van der Waals surface area contributed by atoms with Crippen LogP contribution in [0, 0.1) is 0 Å². The van der Waals surface area contributed by atoms with Crippen molar-refractivity contribution in [3.8, 4) is 5.75 Å². The number of carbonyl (C=O) groups excluding carboxylic acids is 1. The van der Waals surface area contributed by atoms with Gasteiger partial charge in [0.05, 0.1) is 12.0 Å². The first kappa shape index (κ1) is 23.1. The van der Waals surface area contributed by atoms with Gasteiger partial charge in [-0.25, -0.2) is 0 Å². The second kappa shape index (κ2) is 9.80. The molecule has 1 heterocycles. The lowest BCUT2D eigenvalue weighted by molar-refractivity contribution is 0.102. The molecule has 0 saturated heterocycles. The van der Waals surface area contributed by atoms with Gasteiger partial charge >= 0.3 is 0 Å². The Hall–Kier alpha value is -4.11. The normalized spacial score (nSPS) is 11.9. The fraction of sp³-hybridized carbons (Fsp3) is 0.120. The zero-order chi connectivity index (χ0) is 24.1. The third kappa shape index (κ3) is 4.94. The van der Waals surface area contributed by atoms with Crippen molar-refractivity contribution in [1.29, 1.82) is 0 Å². The van der Waals surface area contributed by atoms with Crippen LogP contribution >= 0.6 is 0 Å². The van der Waals surface area contributed by atoms with Gasteiger partial charge in [-0.05, 0) is 48.4 Å². The first-order chi connectivity index (χ1) is 16.4. The highest BCUT2D eigenvalue weighted by molar-refractivity contribution is 7.89. The summed E-state index contributed by atoms with van der Waals surface area (Å²) < 4.78 is 36.5. The molecule has 0 aliphatic rings. The van der Waals surface area contributed by atoms with Crippen LogP contribution in [-0.4, -0.2) is 21.4 Å². The number of nitrogens with zero attached hydrogens (tertiary/aromatic N) is 1. The van der Waals surface area contributed by atoms with E-state index in [0.29, 0.717) is 22.4 Å². The fourth-order valence-electron chi connectivity index (χ4n) is 3.31. The summed E-state index contributed by atoms with van der Waals surface area (Å²) in [6.45, 7) is 2.04. The van der Waals surface area contributed by atoms with Crippen LogP contribution < -0.4 is 20.4 Å². The number of hydrogen-bond donors (Lipinski definition) is 2. The van der Waals surface area contributed by atoms with E-state index in [4.69, 9.17) is 9.15 Å². The summed E-state index contributed by atoms with van der Waals surface area (Å²) in [5, 5.41) is 7.35. The molecule has 0 unspecified atom stereocenters. The van der Waals surface area contributed by atoms with Gasteiger partial charge in [0.25, 0.3) is 15.9 Å². The Labute approximate surface area is 196 Å². The third-order valence-corrected chi connectivity index (χ3v) is 6.37. The molecule has 0 aliphatic carbocycles. The van der Waals surface area contributed by atoms with Crippen LogP contribution in [0.5, 0.6) is 5.75 Å². The summed E-state index contributed by atoms with van der Waals surface area (Å²) >= 11 is 0. The number of carbonyl (C=O) groups is 1. The number of aryl methyl sites for hydroxylation is 1. The van der Waals surface area contributed by atoms with Gasteiger partial charge in [-0.2, -0.15) is 13.2 Å². The quantitative estimate of drug-likeness (QED) is 0.390. The second-order valence-electron chi connectivity index (χ2n) is 7.37. The number of rotatable bonds is 7. The van der Waals surface area contributed by atoms with E-state index in [9.17, 15) is 13.2 Å². The van der Waals surface area contributed by atoms with Crippen LogP contribution in [0.3, 0.4) is 0 Å². The molecule has 8 nitrogen and oxygen atoms in total. The van der Waals surface area contributed by atoms with Crippen LogP contribution in [0.15, 0.2) is 93.3 Å². The molecule has 3 aromatic carbocycles. The smallest absolute Gasteiger partial charge is 0.276 e. The Balaban J connectivity index is 1.78. The first-order valence-corrected chi connectivity index (χ1v) is 12.0. The van der Waals surface area contributed by atoms with E-state index in [-0.39, 0.29) is 16.0 Å². The number of para-hydroxylation sites is 1. The van der Waals surface area contributed by atoms with Crippen LogP contribution in [-0.2, 0) is 16.4 Å². The van der Waals surface area contributed by atoms with Crippen LogP contribution in [0.1, 0.15) is 22.8 Å². The fourth-order valence-corrected chi connectivity index (χ4v) is 4.13. The van der Waals surface area contributed by atoms with Gasteiger partial charge in [0.2, 0.25) is 5.55 Å². The van der Waals surface area contributed by atoms with Gasteiger partial charge in [0.15, 0.2) is 11.3 Å². The lowest BCUT2D eigenvalue weighted by atomic mass is 10.1. The standard InChI is InChI=1S/C25H23N3O5S/c1-3-17-12-14-19(15-13-17)26-24(29)21-16-18-8-7-11-22(32-2)23(18)33-25(21)27-28-34(30,31)20-9-5-4-6-10-20/h4-16,28H,3H2,1-2H3,(H,26,29)/b27-25+. The third-order valence-electron chi connectivity index (χ3n) is 5.14. The van der Waals surface area contributed by atoms with E-state index in [1.807, 2.05) is 19.1 Å². The van der Waals surface area contributed by atoms with E-state index in [2.05, 4.69) is 15.2 Å². The minimum absolute atomic E-state index is 0.0270. The number of sulfonamides is 1. The van der Waals surface area contributed by atoms with E-state index < -0.39 is 15.9 Å². The highest BCUT2D eigenvalue weighted by Crippen LogP contribution is 2.25. The summed E-state index contributed by atoms with van der Waals surface area (Å²) in [5.74, 6) is -0.0858. The average molecular weight is 478 g/mol. The molecule has 0 bridgehead atoms. The molecule has 2 N–H and O–H groups in total. The highest BCUT2D eigenvalue weighted by Gasteiger charge is 2.17. The molecule has 0 fully saturated rings. The largest absolute Gasteiger partial charge is 0.493 e. The van der Waals surface area contributed by atoms with E-state index in [1.54, 1.807) is 54.6 Å². The molecule has 0 aliphatic heterocycles. The van der Waals surface area contributed by atoms with Gasteiger partial charge in [0, 0.05) is 11.1 Å². The Kier molecular flexibility index (Phi) is 6.65. The summed E-state index contributed by atoms with van der Waals surface area (Å²) in [6, 6.07) is 22.0. The van der Waals surface area contributed by atoms with Gasteiger partial charge in [0.1, 0.15) is 5.56 Å². The number of methoxy groups -OCH3 is 1. The van der Waals surface area contributed by atoms with E-state index in [0.717, 1.165) is 12.0 Å². The SMILES string of the molecule is CCc1ccc(NC(=O)c2cc3cccc(OC)c3o/c2=N/NS(=O)(=O)c2ccccc2)cc1. The van der Waals surface area contributed by atoms with Gasteiger partial charge in [-0.3, -0.25) is 4.79 Å². The molecule has 34 heavy (non-hydrogen) atoms. The number of ether oxygens (including phenoxy) is 1. The predicted molar refractivity (Wildman–Crippen MR) is 129 cm³/mol. The predicted octanol–water partition coefficient (Wildman–Crippen LogP) is 4.05. The van der Waals surface area contributed by atoms with Crippen molar-refractivity contribution in [3.05, 3.63) is 95.5 Å². The number of hydrogen-bond acceptors (Lipinski definition) is 6. The van der Waals surface area contributed by atoms with Crippen molar-refractivity contribution >= 4 is 32.6 Å². The van der Waals surface area contributed by atoms with Crippen molar-refractivity contribution in [3.63, 3.8) is 0 Å². The summed E-state index contributed by atoms with van der Waals surface area (Å²) in [5.41, 5.74) is 1.89. The highest BCUT2D eigenvalue weighted by atomic mass is 32.2. The Morgan fingerprint density at radius 2 is 1.74 bits per heavy atom.